The summed E-state index contributed by atoms with van der Waals surface area (Å²) in [5.74, 6) is 11.6. The average molecular weight is 1120 g/mol. The summed E-state index contributed by atoms with van der Waals surface area (Å²) in [7, 11) is 4.91. The number of hydrogen-bond donors (Lipinski definition) is 7. The summed E-state index contributed by atoms with van der Waals surface area (Å²) in [6.45, 7) is 19.0. The number of nitrogens with one attached hydrogen (secondary N) is 4. The fourth-order valence-electron chi connectivity index (χ4n) is 8.11. The van der Waals surface area contributed by atoms with Gasteiger partial charge in [-0.1, -0.05) is 18.2 Å². The number of carbonyl (C=O) groups is 5. The summed E-state index contributed by atoms with van der Waals surface area (Å²) in [4.78, 5) is 72.6. The van der Waals surface area contributed by atoms with Gasteiger partial charge in [0.1, 0.15) is 52.1 Å². The van der Waals surface area contributed by atoms with Gasteiger partial charge in [-0.15, -0.1) is 0 Å². The molecule has 4 aromatic heterocycles. The van der Waals surface area contributed by atoms with Crippen LogP contribution in [0.4, 0.5) is 27.8 Å². The SMILES string of the molecule is C=Nc1cc(C(N)=O)cc(OCCC/C(=N/N)N(C)N)c1N(C/C=C/Cn1c(NC)nc2cc(C(=O)NC)cc(OC/C=C/Cn3cc(NC(=O)OC(C)(C)C)cn3)c21)CNC(=O)c1cc(C)nn1CC.CCn1nc(C)cc1C=O. The standard InChI is InChI=1S/C47H65N17O7.C7H10N2O/c1-10-64-36(22-30(2)59-64)44(67)54-29-61(40-34(51-6)23-31(42(48)65)25-37(40)70-21-15-16-39(58-49)60(9)50)17-11-12-19-63-41-35(57-45(63)53-8)24-32(43(66)52-7)26-38(41)69-20-14-13-18-62-28-33(27-55-62)56-46(68)71-47(3,4)5;1-3-9-7(5-10)4-6(2)8-9/h11-14,22-28H,6,10,15-21,29,49-50H2,1-5,7-9H3,(H2,48,65)(H,52,66)(H,53,57)(H,54,67)(H,56,68);4-5H,3H2,1-2H3/b12-11+,14-13+,58-39-;. The normalized spacial score (nSPS) is 11.5. The number of carbonyl (C=O) groups excluding carboxylic acids is 5. The number of benzene rings is 2. The van der Waals surface area contributed by atoms with Crippen molar-refractivity contribution in [1.29, 1.82) is 0 Å². The molecule has 4 heterocycles. The van der Waals surface area contributed by atoms with Gasteiger partial charge >= 0.3 is 6.09 Å². The van der Waals surface area contributed by atoms with Crippen molar-refractivity contribution in [1.82, 2.24) is 54.5 Å². The Balaban J connectivity index is 0.00000108. The lowest BCUT2D eigenvalue weighted by molar-refractivity contribution is 0.0635. The van der Waals surface area contributed by atoms with E-state index in [4.69, 9.17) is 36.6 Å². The van der Waals surface area contributed by atoms with Crippen molar-refractivity contribution in [3.63, 3.8) is 0 Å². The highest BCUT2D eigenvalue weighted by molar-refractivity contribution is 6.00. The molecule has 0 aliphatic carbocycles. The zero-order chi connectivity index (χ0) is 59.4. The number of amidine groups is 1. The van der Waals surface area contributed by atoms with Gasteiger partial charge in [0, 0.05) is 71.1 Å². The van der Waals surface area contributed by atoms with Crippen molar-refractivity contribution in [2.45, 2.75) is 93.1 Å². The molecule has 0 bridgehead atoms. The van der Waals surface area contributed by atoms with Gasteiger partial charge in [0.15, 0.2) is 6.29 Å². The first kappa shape index (κ1) is 62.3. The van der Waals surface area contributed by atoms with Gasteiger partial charge in [0.25, 0.3) is 11.8 Å². The molecule has 6 rings (SSSR count). The van der Waals surface area contributed by atoms with E-state index < -0.39 is 17.6 Å². The van der Waals surface area contributed by atoms with Gasteiger partial charge in [-0.25, -0.2) is 15.6 Å². The molecule has 434 valence electrons. The zero-order valence-corrected chi connectivity index (χ0v) is 47.6. The molecule has 4 amide bonds. The molecule has 0 saturated carbocycles. The number of ether oxygens (including phenoxy) is 3. The number of allylic oxidation sites excluding steroid dienone is 2. The molecule has 0 unspecified atom stereocenters. The molecule has 27 heteroatoms. The van der Waals surface area contributed by atoms with Gasteiger partial charge in [-0.3, -0.25) is 43.5 Å². The van der Waals surface area contributed by atoms with Crippen LogP contribution in [0.2, 0.25) is 0 Å². The van der Waals surface area contributed by atoms with Crippen LogP contribution in [-0.2, 0) is 30.9 Å². The summed E-state index contributed by atoms with van der Waals surface area (Å²) in [5, 5.41) is 29.4. The second kappa shape index (κ2) is 29.4. The number of rotatable bonds is 26. The maximum atomic E-state index is 13.7. The molecular weight excluding hydrogens is 1040 g/mol. The van der Waals surface area contributed by atoms with Gasteiger partial charge < -0.3 is 56.2 Å². The Kier molecular flexibility index (Phi) is 22.7. The van der Waals surface area contributed by atoms with E-state index in [1.54, 1.807) is 86.4 Å². The Morgan fingerprint density at radius 3 is 2.22 bits per heavy atom. The average Bonchev–Trinajstić information content (AvgIpc) is 4.43. The zero-order valence-electron chi connectivity index (χ0n) is 47.6. The number of hydrogen-bond acceptors (Lipinski definition) is 18. The number of aldehydes is 1. The lowest BCUT2D eigenvalue weighted by Crippen LogP contribution is -2.39. The molecule has 10 N–H and O–H groups in total. The molecular formula is C54H75N19O8. The van der Waals surface area contributed by atoms with Gasteiger partial charge in [0.2, 0.25) is 11.9 Å². The number of hydrazone groups is 1. The number of aryl methyl sites for hydroxylation is 4. The van der Waals surface area contributed by atoms with Crippen LogP contribution in [0.15, 0.2) is 83.2 Å². The van der Waals surface area contributed by atoms with E-state index >= 15 is 0 Å². The van der Waals surface area contributed by atoms with E-state index in [-0.39, 0.29) is 61.8 Å². The minimum absolute atomic E-state index is 0.0397. The predicted molar refractivity (Wildman–Crippen MR) is 311 cm³/mol. The maximum absolute atomic E-state index is 13.7. The third-order valence-electron chi connectivity index (χ3n) is 11.8. The summed E-state index contributed by atoms with van der Waals surface area (Å²) in [6.07, 6.45) is 11.8. The first-order valence-electron chi connectivity index (χ1n) is 26.0. The molecule has 0 aliphatic heterocycles. The van der Waals surface area contributed by atoms with Crippen LogP contribution >= 0.6 is 0 Å². The summed E-state index contributed by atoms with van der Waals surface area (Å²) < 4.78 is 24.8. The monoisotopic (exact) mass is 1120 g/mol. The third-order valence-corrected chi connectivity index (χ3v) is 11.8. The lowest BCUT2D eigenvalue weighted by atomic mass is 10.1. The quantitative estimate of drug-likeness (QED) is 0.00531. The predicted octanol–water partition coefficient (Wildman–Crippen LogP) is 5.28. The highest BCUT2D eigenvalue weighted by atomic mass is 16.6. The second-order valence-electron chi connectivity index (χ2n) is 19.0. The number of aliphatic imine (C=N–C) groups is 1. The van der Waals surface area contributed by atoms with Gasteiger partial charge in [-0.05, 0) is 104 Å². The highest BCUT2D eigenvalue weighted by Gasteiger charge is 2.23. The van der Waals surface area contributed by atoms with Crippen molar-refractivity contribution < 1.29 is 38.2 Å². The fraction of sp³-hybridized carbons (Fsp3) is 0.389. The molecule has 27 nitrogen and oxygen atoms in total. The maximum Gasteiger partial charge on any atom is 0.412 e. The Hall–Kier alpha value is -9.53. The van der Waals surface area contributed by atoms with Gasteiger partial charge in [0.05, 0.1) is 54.3 Å². The highest BCUT2D eigenvalue weighted by Crippen LogP contribution is 2.40. The van der Waals surface area contributed by atoms with Crippen LogP contribution in [-0.4, -0.2) is 140 Å². The number of nitrogens with zero attached hydrogens (tertiary/aromatic N) is 12. The van der Waals surface area contributed by atoms with E-state index in [0.29, 0.717) is 88.5 Å². The molecule has 0 fully saturated rings. The van der Waals surface area contributed by atoms with Crippen LogP contribution in [0.5, 0.6) is 11.5 Å². The van der Waals surface area contributed by atoms with Crippen molar-refractivity contribution in [2.75, 3.05) is 63.1 Å². The van der Waals surface area contributed by atoms with Crippen LogP contribution < -0.4 is 53.1 Å². The Labute approximate surface area is 470 Å². The number of nitrogens with two attached hydrogens (primary N) is 3. The largest absolute Gasteiger partial charge is 0.491 e. The number of hydrazine groups is 1. The number of aromatic nitrogens is 8. The van der Waals surface area contributed by atoms with E-state index in [1.807, 2.05) is 61.5 Å². The molecule has 0 saturated heterocycles. The summed E-state index contributed by atoms with van der Waals surface area (Å²) in [5.41, 5.74) is 10.5. The third kappa shape index (κ3) is 17.5. The van der Waals surface area contributed by atoms with E-state index in [0.717, 1.165) is 18.5 Å². The van der Waals surface area contributed by atoms with Crippen molar-refractivity contribution >= 4 is 76.7 Å². The molecule has 6 aromatic rings. The smallest absolute Gasteiger partial charge is 0.412 e. The number of imidazole rings is 1. The van der Waals surface area contributed by atoms with Gasteiger partial charge in [-0.2, -0.15) is 20.4 Å². The molecule has 2 aromatic carbocycles. The second-order valence-corrected chi connectivity index (χ2v) is 19.0. The molecule has 81 heavy (non-hydrogen) atoms. The Bertz CT molecular complexity index is 3250. The van der Waals surface area contributed by atoms with E-state index in [9.17, 15) is 24.0 Å². The van der Waals surface area contributed by atoms with Crippen LogP contribution in [0, 0.1) is 13.8 Å². The van der Waals surface area contributed by atoms with Crippen molar-refractivity contribution in [3.8, 4) is 11.5 Å². The molecule has 0 atom stereocenters. The summed E-state index contributed by atoms with van der Waals surface area (Å²) in [6, 6.07) is 9.86. The Morgan fingerprint density at radius 2 is 1.59 bits per heavy atom. The van der Waals surface area contributed by atoms with E-state index in [2.05, 4.69) is 53.4 Å². The molecule has 0 spiro atoms. The lowest BCUT2D eigenvalue weighted by Gasteiger charge is -2.28. The van der Waals surface area contributed by atoms with Crippen molar-refractivity contribution in [2.24, 2.45) is 27.5 Å². The summed E-state index contributed by atoms with van der Waals surface area (Å²) >= 11 is 0. The molecule has 0 aliphatic rings. The minimum atomic E-state index is -0.704. The topological polar surface area (TPSA) is 342 Å². The van der Waals surface area contributed by atoms with Crippen LogP contribution in [0.25, 0.3) is 11.0 Å². The minimum Gasteiger partial charge on any atom is -0.491 e. The van der Waals surface area contributed by atoms with Crippen LogP contribution in [0.3, 0.4) is 0 Å². The van der Waals surface area contributed by atoms with Crippen LogP contribution in [0.1, 0.15) is 101 Å². The first-order chi connectivity index (χ1) is 38.7. The molecule has 0 radical (unpaired) electrons. The fourth-order valence-corrected chi connectivity index (χ4v) is 8.11. The Morgan fingerprint density at radius 1 is 0.889 bits per heavy atom. The van der Waals surface area contributed by atoms with E-state index in [1.165, 1.54) is 23.3 Å². The number of primary amides is 1. The first-order valence-corrected chi connectivity index (χ1v) is 26.0. The van der Waals surface area contributed by atoms with Crippen molar-refractivity contribution in [3.05, 3.63) is 107 Å². The number of amides is 4. The number of fused-ring (bicyclic) bond motifs is 1. The number of anilines is 3.